The summed E-state index contributed by atoms with van der Waals surface area (Å²) in [5.41, 5.74) is 5.53. The molecule has 0 aliphatic heterocycles. The second kappa shape index (κ2) is 2.83. The van der Waals surface area contributed by atoms with Crippen LogP contribution in [0.4, 0.5) is 10.1 Å². The van der Waals surface area contributed by atoms with Gasteiger partial charge in [-0.1, -0.05) is 23.2 Å². The number of nitrogen functional groups attached to an aromatic ring is 1. The predicted molar refractivity (Wildman–Crippen MR) is 43.4 cm³/mol. The highest BCUT2D eigenvalue weighted by Gasteiger charge is 2.11. The number of pyridine rings is 1. The van der Waals surface area contributed by atoms with Gasteiger partial charge in [0.05, 0.1) is 16.4 Å². The monoisotopic (exact) mass is 194 g/mol. The molecule has 11 heavy (non-hydrogen) atoms. The Labute approximate surface area is 73.1 Å². The molecule has 5 heteroatoms. The van der Waals surface area contributed by atoms with E-state index in [1.807, 2.05) is 0 Å². The first-order chi connectivity index (χ1) is 5.04. The van der Waals surface area contributed by atoms with Crippen molar-refractivity contribution in [1.29, 1.82) is 0 Å². The average molecular weight is 195 g/mol. The van der Waals surface area contributed by atoms with Crippen LogP contribution in [0.1, 0.15) is 5.69 Å². The summed E-state index contributed by atoms with van der Waals surface area (Å²) in [6, 6.07) is 0. The van der Waals surface area contributed by atoms with Crippen LogP contribution in [-0.4, -0.2) is 4.98 Å². The van der Waals surface area contributed by atoms with E-state index in [1.54, 1.807) is 6.92 Å². The van der Waals surface area contributed by atoms with E-state index in [0.29, 0.717) is 5.69 Å². The van der Waals surface area contributed by atoms with E-state index in [4.69, 9.17) is 28.9 Å². The Bertz CT molecular complexity index is 275. The summed E-state index contributed by atoms with van der Waals surface area (Å²) in [6.45, 7) is 1.60. The molecule has 1 aromatic heterocycles. The van der Waals surface area contributed by atoms with Crippen LogP contribution < -0.4 is 5.73 Å². The lowest BCUT2D eigenvalue weighted by Crippen LogP contribution is -1.97. The van der Waals surface area contributed by atoms with Crippen molar-refractivity contribution >= 4 is 28.9 Å². The van der Waals surface area contributed by atoms with Crippen molar-refractivity contribution in [1.82, 2.24) is 4.98 Å². The van der Waals surface area contributed by atoms with Gasteiger partial charge in [0.1, 0.15) is 0 Å². The average Bonchev–Trinajstić information content (AvgIpc) is 1.97. The number of nitrogens with two attached hydrogens (primary N) is 1. The number of anilines is 1. The Balaban J connectivity index is 3.46. The summed E-state index contributed by atoms with van der Waals surface area (Å²) in [7, 11) is 0. The lowest BCUT2D eigenvalue weighted by atomic mass is 10.3. The first-order valence-electron chi connectivity index (χ1n) is 2.80. The van der Waals surface area contributed by atoms with Crippen molar-refractivity contribution < 1.29 is 4.39 Å². The summed E-state index contributed by atoms with van der Waals surface area (Å²) in [4.78, 5) is 3.61. The van der Waals surface area contributed by atoms with Crippen LogP contribution in [0, 0.1) is 12.7 Å². The molecule has 0 radical (unpaired) electrons. The number of nitrogens with zero attached hydrogens (tertiary/aromatic N) is 1. The van der Waals surface area contributed by atoms with Gasteiger partial charge in [0.2, 0.25) is 0 Å². The van der Waals surface area contributed by atoms with Gasteiger partial charge in [-0.05, 0) is 6.92 Å². The minimum Gasteiger partial charge on any atom is -0.395 e. The van der Waals surface area contributed by atoms with Crippen molar-refractivity contribution in [2.45, 2.75) is 6.92 Å². The molecular weight excluding hydrogens is 190 g/mol. The summed E-state index contributed by atoms with van der Waals surface area (Å²) < 4.78 is 12.8. The van der Waals surface area contributed by atoms with Gasteiger partial charge in [-0.3, -0.25) is 0 Å². The third kappa shape index (κ3) is 1.39. The van der Waals surface area contributed by atoms with Gasteiger partial charge >= 0.3 is 0 Å². The van der Waals surface area contributed by atoms with Crippen molar-refractivity contribution in [3.8, 4) is 0 Å². The molecule has 0 aromatic carbocycles. The molecule has 1 heterocycles. The van der Waals surface area contributed by atoms with Crippen LogP contribution in [0.25, 0.3) is 0 Å². The van der Waals surface area contributed by atoms with E-state index in [0.717, 1.165) is 0 Å². The quantitative estimate of drug-likeness (QED) is 0.645. The Morgan fingerprint density at radius 1 is 1.45 bits per heavy atom. The summed E-state index contributed by atoms with van der Waals surface area (Å²) in [6.07, 6.45) is 0. The first kappa shape index (κ1) is 8.56. The predicted octanol–water partition coefficient (Wildman–Crippen LogP) is 2.42. The number of aryl methyl sites for hydroxylation is 1. The maximum absolute atomic E-state index is 12.8. The van der Waals surface area contributed by atoms with E-state index < -0.39 is 5.82 Å². The van der Waals surface area contributed by atoms with Crippen LogP contribution in [-0.2, 0) is 0 Å². The lowest BCUT2D eigenvalue weighted by Gasteiger charge is -2.03. The molecule has 0 fully saturated rings. The molecular formula is C6H5Cl2FN2. The number of hydrogen-bond acceptors (Lipinski definition) is 2. The van der Waals surface area contributed by atoms with Gasteiger partial charge in [0, 0.05) is 0 Å². The van der Waals surface area contributed by atoms with E-state index in [1.165, 1.54) is 0 Å². The highest BCUT2D eigenvalue weighted by Crippen LogP contribution is 2.28. The van der Waals surface area contributed by atoms with E-state index in [-0.39, 0.29) is 15.9 Å². The highest BCUT2D eigenvalue weighted by molar-refractivity contribution is 6.35. The first-order valence-corrected chi connectivity index (χ1v) is 3.56. The summed E-state index contributed by atoms with van der Waals surface area (Å²) in [5.74, 6) is -0.762. The van der Waals surface area contributed by atoms with E-state index in [2.05, 4.69) is 4.98 Å². The Morgan fingerprint density at radius 2 is 2.00 bits per heavy atom. The number of aromatic nitrogens is 1. The maximum Gasteiger partial charge on any atom is 0.184 e. The molecule has 2 N–H and O–H groups in total. The smallest absolute Gasteiger partial charge is 0.184 e. The van der Waals surface area contributed by atoms with Crippen LogP contribution in [0.2, 0.25) is 10.2 Å². The Kier molecular flexibility index (Phi) is 2.20. The molecule has 60 valence electrons. The van der Waals surface area contributed by atoms with Gasteiger partial charge in [0.25, 0.3) is 0 Å². The standard InChI is InChI=1S/C6H5Cl2FN2/c1-2-3(7)5(10)4(9)6(8)11-2/h1H3,(H2,10,11). The fourth-order valence-corrected chi connectivity index (χ4v) is 1.00. The fraction of sp³-hybridized carbons (Fsp3) is 0.167. The zero-order valence-corrected chi connectivity index (χ0v) is 7.17. The third-order valence-corrected chi connectivity index (χ3v) is 1.97. The molecule has 0 saturated carbocycles. The summed E-state index contributed by atoms with van der Waals surface area (Å²) >= 11 is 10.9. The van der Waals surface area contributed by atoms with Crippen LogP contribution >= 0.6 is 23.2 Å². The molecule has 0 atom stereocenters. The van der Waals surface area contributed by atoms with Gasteiger partial charge in [-0.25, -0.2) is 9.37 Å². The number of hydrogen-bond donors (Lipinski definition) is 1. The van der Waals surface area contributed by atoms with Gasteiger partial charge in [-0.15, -0.1) is 0 Å². The maximum atomic E-state index is 12.8. The minimum atomic E-state index is -0.762. The molecule has 0 saturated heterocycles. The molecule has 0 aliphatic rings. The van der Waals surface area contributed by atoms with Crippen molar-refractivity contribution in [3.05, 3.63) is 21.7 Å². The topological polar surface area (TPSA) is 38.9 Å². The van der Waals surface area contributed by atoms with Gasteiger partial charge in [0.15, 0.2) is 11.0 Å². The molecule has 0 aliphatic carbocycles. The molecule has 1 rings (SSSR count). The van der Waals surface area contributed by atoms with Crippen molar-refractivity contribution in [3.63, 3.8) is 0 Å². The minimum absolute atomic E-state index is 0.118. The largest absolute Gasteiger partial charge is 0.395 e. The SMILES string of the molecule is Cc1nc(Cl)c(F)c(N)c1Cl. The Morgan fingerprint density at radius 3 is 2.55 bits per heavy atom. The van der Waals surface area contributed by atoms with Crippen molar-refractivity contribution in [2.75, 3.05) is 5.73 Å². The normalized spacial score (nSPS) is 10.2. The highest BCUT2D eigenvalue weighted by atomic mass is 35.5. The molecule has 0 bridgehead atoms. The second-order valence-electron chi connectivity index (χ2n) is 2.03. The Hall–Kier alpha value is -0.540. The van der Waals surface area contributed by atoms with Crippen LogP contribution in [0.5, 0.6) is 0 Å². The van der Waals surface area contributed by atoms with Gasteiger partial charge in [-0.2, -0.15) is 0 Å². The molecule has 0 spiro atoms. The molecule has 0 unspecified atom stereocenters. The zero-order valence-electron chi connectivity index (χ0n) is 5.66. The van der Waals surface area contributed by atoms with Crippen molar-refractivity contribution in [2.24, 2.45) is 0 Å². The molecule has 1 aromatic rings. The van der Waals surface area contributed by atoms with E-state index in [9.17, 15) is 4.39 Å². The number of rotatable bonds is 0. The second-order valence-corrected chi connectivity index (χ2v) is 2.77. The van der Waals surface area contributed by atoms with Crippen LogP contribution in [0.3, 0.4) is 0 Å². The third-order valence-electron chi connectivity index (χ3n) is 1.24. The number of halogens is 3. The molecule has 2 nitrogen and oxygen atoms in total. The molecule has 0 amide bonds. The van der Waals surface area contributed by atoms with Crippen LogP contribution in [0.15, 0.2) is 0 Å². The van der Waals surface area contributed by atoms with Gasteiger partial charge < -0.3 is 5.73 Å². The fourth-order valence-electron chi connectivity index (χ4n) is 0.648. The lowest BCUT2D eigenvalue weighted by molar-refractivity contribution is 0.626. The summed E-state index contributed by atoms with van der Waals surface area (Å²) in [5, 5.41) is -0.128. The van der Waals surface area contributed by atoms with E-state index >= 15 is 0 Å². The zero-order chi connectivity index (χ0) is 8.59.